The fourth-order valence-corrected chi connectivity index (χ4v) is 4.84. The molecule has 10 heteroatoms. The van der Waals surface area contributed by atoms with E-state index >= 15 is 0 Å². The molecule has 1 fully saturated rings. The number of carbonyl (C=O) groups is 2. The maximum atomic E-state index is 12.9. The Labute approximate surface area is 231 Å². The number of rotatable bonds is 5. The lowest BCUT2D eigenvalue weighted by Gasteiger charge is -2.37. The standard InChI is InChI=1S/C27H26Cl2N4O3S/c1-17-6-8-18(9-7-17)26(35)33-14-12-32(13-15-33)24-20(28)4-3-5-22(24)30-27(37)31-25(34)19-10-11-23(36-2)21(29)16-19/h3-11,16H,12-15H2,1-2H3,(H2,30,31,34,37). The Bertz CT molecular complexity index is 1330. The molecule has 0 bridgehead atoms. The van der Waals surface area contributed by atoms with E-state index < -0.39 is 5.91 Å². The molecular formula is C27H26Cl2N4O3S. The minimum atomic E-state index is -0.408. The number of para-hydroxylation sites is 1. The second-order valence-corrected chi connectivity index (χ2v) is 9.76. The van der Waals surface area contributed by atoms with E-state index in [4.69, 9.17) is 40.2 Å². The maximum Gasteiger partial charge on any atom is 0.257 e. The fourth-order valence-electron chi connectivity index (χ4n) is 4.09. The van der Waals surface area contributed by atoms with Crippen LogP contribution < -0.4 is 20.3 Å². The minimum absolute atomic E-state index is 0.0136. The number of carbonyl (C=O) groups excluding carboxylic acids is 2. The predicted molar refractivity (Wildman–Crippen MR) is 152 cm³/mol. The topological polar surface area (TPSA) is 73.9 Å². The van der Waals surface area contributed by atoms with Gasteiger partial charge in [0.05, 0.1) is 28.5 Å². The molecule has 0 aliphatic carbocycles. The highest BCUT2D eigenvalue weighted by atomic mass is 35.5. The number of nitrogens with one attached hydrogen (secondary N) is 2. The summed E-state index contributed by atoms with van der Waals surface area (Å²) in [6, 6.07) is 17.8. The summed E-state index contributed by atoms with van der Waals surface area (Å²) in [5.74, 6) is 0.0803. The molecule has 3 aromatic rings. The molecule has 3 aromatic carbocycles. The van der Waals surface area contributed by atoms with Crippen molar-refractivity contribution in [3.8, 4) is 5.75 Å². The van der Waals surface area contributed by atoms with Gasteiger partial charge in [-0.3, -0.25) is 14.9 Å². The third-order valence-electron chi connectivity index (χ3n) is 6.06. The Morgan fingerprint density at radius 1 is 0.919 bits per heavy atom. The molecule has 0 atom stereocenters. The molecule has 0 unspecified atom stereocenters. The van der Waals surface area contributed by atoms with Gasteiger partial charge in [0.15, 0.2) is 5.11 Å². The van der Waals surface area contributed by atoms with E-state index in [9.17, 15) is 9.59 Å². The predicted octanol–water partition coefficient (Wildman–Crippen LogP) is 5.40. The molecule has 7 nitrogen and oxygen atoms in total. The van der Waals surface area contributed by atoms with E-state index in [1.54, 1.807) is 24.3 Å². The van der Waals surface area contributed by atoms with Crippen LogP contribution in [0.15, 0.2) is 60.7 Å². The van der Waals surface area contributed by atoms with Crippen molar-refractivity contribution in [2.24, 2.45) is 0 Å². The van der Waals surface area contributed by atoms with Gasteiger partial charge in [-0.1, -0.05) is 47.0 Å². The lowest BCUT2D eigenvalue weighted by atomic mass is 10.1. The van der Waals surface area contributed by atoms with Crippen LogP contribution in [0, 0.1) is 6.92 Å². The number of hydrogen-bond donors (Lipinski definition) is 2. The Balaban J connectivity index is 1.41. The van der Waals surface area contributed by atoms with E-state index in [0.29, 0.717) is 58.8 Å². The van der Waals surface area contributed by atoms with Crippen LogP contribution in [0.4, 0.5) is 11.4 Å². The Hall–Kier alpha value is -3.33. The van der Waals surface area contributed by atoms with Crippen LogP contribution in [0.3, 0.4) is 0 Å². The molecule has 1 aliphatic rings. The second-order valence-electron chi connectivity index (χ2n) is 8.54. The van der Waals surface area contributed by atoms with E-state index in [0.717, 1.165) is 11.3 Å². The normalized spacial score (nSPS) is 13.2. The number of ether oxygens (including phenoxy) is 1. The van der Waals surface area contributed by atoms with E-state index in [-0.39, 0.29) is 11.0 Å². The summed E-state index contributed by atoms with van der Waals surface area (Å²) in [5, 5.41) is 6.74. The highest BCUT2D eigenvalue weighted by Crippen LogP contribution is 2.35. The Kier molecular flexibility index (Phi) is 8.53. The molecule has 0 radical (unpaired) electrons. The summed E-state index contributed by atoms with van der Waals surface area (Å²) in [4.78, 5) is 29.5. The number of halogens is 2. The molecule has 0 spiro atoms. The Morgan fingerprint density at radius 2 is 1.59 bits per heavy atom. The molecule has 1 heterocycles. The minimum Gasteiger partial charge on any atom is -0.495 e. The fraction of sp³-hybridized carbons (Fsp3) is 0.222. The van der Waals surface area contributed by atoms with E-state index in [1.165, 1.54) is 13.2 Å². The summed E-state index contributed by atoms with van der Waals surface area (Å²) in [6.07, 6.45) is 0. The van der Waals surface area contributed by atoms with Crippen molar-refractivity contribution >= 4 is 63.7 Å². The first-order chi connectivity index (χ1) is 17.8. The molecule has 2 amide bonds. The van der Waals surface area contributed by atoms with Crippen LogP contribution in [0.25, 0.3) is 0 Å². The zero-order valence-electron chi connectivity index (χ0n) is 20.4. The van der Waals surface area contributed by atoms with Crippen molar-refractivity contribution in [2.75, 3.05) is 43.5 Å². The molecule has 192 valence electrons. The number of amides is 2. The number of piperazine rings is 1. The van der Waals surface area contributed by atoms with Crippen molar-refractivity contribution < 1.29 is 14.3 Å². The van der Waals surface area contributed by atoms with Crippen molar-refractivity contribution in [1.29, 1.82) is 0 Å². The van der Waals surface area contributed by atoms with Gasteiger partial charge in [-0.05, 0) is 61.6 Å². The molecule has 4 rings (SSSR count). The van der Waals surface area contributed by atoms with Gasteiger partial charge in [-0.25, -0.2) is 0 Å². The third kappa shape index (κ3) is 6.33. The Morgan fingerprint density at radius 3 is 2.24 bits per heavy atom. The van der Waals surface area contributed by atoms with Gasteiger partial charge < -0.3 is 19.9 Å². The molecule has 1 saturated heterocycles. The number of thiocarbonyl (C=S) groups is 1. The van der Waals surface area contributed by atoms with Gasteiger partial charge in [0.25, 0.3) is 11.8 Å². The first-order valence-electron chi connectivity index (χ1n) is 11.6. The highest BCUT2D eigenvalue weighted by molar-refractivity contribution is 7.80. The smallest absolute Gasteiger partial charge is 0.257 e. The maximum absolute atomic E-state index is 12.9. The summed E-state index contributed by atoms with van der Waals surface area (Å²) in [6.45, 7) is 4.29. The lowest BCUT2D eigenvalue weighted by Crippen LogP contribution is -2.49. The number of aryl methyl sites for hydroxylation is 1. The zero-order chi connectivity index (χ0) is 26.5. The van der Waals surface area contributed by atoms with Crippen LogP contribution in [0.1, 0.15) is 26.3 Å². The van der Waals surface area contributed by atoms with Crippen molar-refractivity contribution in [2.45, 2.75) is 6.92 Å². The number of nitrogens with zero attached hydrogens (tertiary/aromatic N) is 2. The number of methoxy groups -OCH3 is 1. The van der Waals surface area contributed by atoms with E-state index in [1.807, 2.05) is 42.2 Å². The van der Waals surface area contributed by atoms with Crippen LogP contribution in [0.2, 0.25) is 10.0 Å². The quantitative estimate of drug-likeness (QED) is 0.410. The largest absolute Gasteiger partial charge is 0.495 e. The summed E-state index contributed by atoms with van der Waals surface area (Å²) in [7, 11) is 1.50. The first-order valence-corrected chi connectivity index (χ1v) is 12.8. The number of benzene rings is 3. The molecule has 1 aliphatic heterocycles. The monoisotopic (exact) mass is 556 g/mol. The molecule has 2 N–H and O–H groups in total. The van der Waals surface area contributed by atoms with Crippen LogP contribution in [0.5, 0.6) is 5.75 Å². The zero-order valence-corrected chi connectivity index (χ0v) is 22.7. The average Bonchev–Trinajstić information content (AvgIpc) is 2.89. The van der Waals surface area contributed by atoms with Crippen LogP contribution in [-0.4, -0.2) is 55.1 Å². The second kappa shape index (κ2) is 11.8. The molecule has 37 heavy (non-hydrogen) atoms. The van der Waals surface area contributed by atoms with Crippen molar-refractivity contribution in [1.82, 2.24) is 10.2 Å². The molecule has 0 aromatic heterocycles. The van der Waals surface area contributed by atoms with Gasteiger partial charge in [-0.15, -0.1) is 0 Å². The van der Waals surface area contributed by atoms with E-state index in [2.05, 4.69) is 15.5 Å². The molecular weight excluding hydrogens is 531 g/mol. The van der Waals surface area contributed by atoms with Gasteiger partial charge >= 0.3 is 0 Å². The molecule has 0 saturated carbocycles. The number of hydrogen-bond acceptors (Lipinski definition) is 5. The summed E-state index contributed by atoms with van der Waals surface area (Å²) in [5.41, 5.74) is 3.55. The SMILES string of the molecule is COc1ccc(C(=O)NC(=S)Nc2cccc(Cl)c2N2CCN(C(=O)c3ccc(C)cc3)CC2)cc1Cl. The van der Waals surface area contributed by atoms with Crippen molar-refractivity contribution in [3.63, 3.8) is 0 Å². The average molecular weight is 558 g/mol. The lowest BCUT2D eigenvalue weighted by molar-refractivity contribution is 0.0746. The summed E-state index contributed by atoms with van der Waals surface area (Å²) >= 11 is 18.1. The van der Waals surface area contributed by atoms with Gasteiger partial charge in [-0.2, -0.15) is 0 Å². The third-order valence-corrected chi connectivity index (χ3v) is 6.86. The van der Waals surface area contributed by atoms with Gasteiger partial charge in [0.1, 0.15) is 5.75 Å². The van der Waals surface area contributed by atoms with Crippen molar-refractivity contribution in [3.05, 3.63) is 87.4 Å². The first kappa shape index (κ1) is 26.7. The highest BCUT2D eigenvalue weighted by Gasteiger charge is 2.25. The summed E-state index contributed by atoms with van der Waals surface area (Å²) < 4.78 is 5.13. The van der Waals surface area contributed by atoms with Crippen LogP contribution in [-0.2, 0) is 0 Å². The van der Waals surface area contributed by atoms with Gasteiger partial charge in [0, 0.05) is 37.3 Å². The van der Waals surface area contributed by atoms with Crippen LogP contribution >= 0.6 is 35.4 Å². The number of anilines is 2. The van der Waals surface area contributed by atoms with Gasteiger partial charge in [0.2, 0.25) is 0 Å².